The van der Waals surface area contributed by atoms with Gasteiger partial charge < -0.3 is 20.7 Å². The fraction of sp³-hybridized carbons (Fsp3) is 0.278. The third-order valence-corrected chi connectivity index (χ3v) is 3.67. The number of hydrogen-bond acceptors (Lipinski definition) is 3. The molecule has 2 aromatic carbocycles. The Bertz CT molecular complexity index is 793. The number of ether oxygens (including phenoxy) is 1. The number of hydrogen-bond donors (Lipinski definition) is 2. The summed E-state index contributed by atoms with van der Waals surface area (Å²) < 4.78 is 54.8. The molecule has 0 bridgehead atoms. The Morgan fingerprint density at radius 1 is 1.19 bits per heavy atom. The molecule has 27 heavy (non-hydrogen) atoms. The number of aliphatic imine (C=N–C) groups is 1. The van der Waals surface area contributed by atoms with E-state index >= 15 is 0 Å². The van der Waals surface area contributed by atoms with E-state index in [-0.39, 0.29) is 30.1 Å². The molecule has 0 aliphatic carbocycles. The first-order valence-electron chi connectivity index (χ1n) is 7.99. The first kappa shape index (κ1) is 20.5. The lowest BCUT2D eigenvalue weighted by Gasteiger charge is -2.23. The van der Waals surface area contributed by atoms with Crippen LogP contribution < -0.4 is 15.8 Å². The van der Waals surface area contributed by atoms with Gasteiger partial charge in [0.15, 0.2) is 11.7 Å². The Labute approximate surface area is 154 Å². The quantitative estimate of drug-likeness (QED) is 0.452. The average molecular weight is 384 g/mol. The summed E-state index contributed by atoms with van der Waals surface area (Å²) in [6, 6.07) is 11.3. The highest BCUT2D eigenvalue weighted by Crippen LogP contribution is 2.29. The lowest BCUT2D eigenvalue weighted by atomic mass is 10.1. The number of anilines is 1. The van der Waals surface area contributed by atoms with Crippen molar-refractivity contribution in [2.24, 2.45) is 10.7 Å². The molecule has 1 atom stereocenters. The molecule has 0 saturated carbocycles. The van der Waals surface area contributed by atoms with Gasteiger partial charge in [0.1, 0.15) is 5.82 Å². The third-order valence-electron chi connectivity index (χ3n) is 3.67. The molecular weight excluding hydrogens is 364 g/mol. The van der Waals surface area contributed by atoms with Crippen molar-refractivity contribution in [2.45, 2.75) is 12.4 Å². The molecule has 2 aromatic rings. The maximum Gasteiger partial charge on any atom is 0.573 e. The monoisotopic (exact) mass is 384 g/mol. The van der Waals surface area contributed by atoms with Gasteiger partial charge in [0.05, 0.1) is 18.3 Å². The molecule has 0 aromatic heterocycles. The standard InChI is InChI=1S/C18H20F4N4O/c1-26(2)15(12-6-5-7-13(19)10-12)11-24-17(23)25-14-8-3-4-9-16(14)27-18(20,21)22/h3-10,15H,11H2,1-2H3,(H3,23,24,25). The summed E-state index contributed by atoms with van der Waals surface area (Å²) in [5.41, 5.74) is 6.54. The first-order chi connectivity index (χ1) is 12.7. The van der Waals surface area contributed by atoms with Crippen molar-refractivity contribution in [3.63, 3.8) is 0 Å². The van der Waals surface area contributed by atoms with E-state index in [1.807, 2.05) is 4.90 Å². The molecule has 146 valence electrons. The Morgan fingerprint density at radius 3 is 2.52 bits per heavy atom. The topological polar surface area (TPSA) is 62.9 Å². The second-order valence-electron chi connectivity index (χ2n) is 5.93. The van der Waals surface area contributed by atoms with Crippen molar-refractivity contribution in [2.75, 3.05) is 26.0 Å². The Hall–Kier alpha value is -2.81. The molecule has 0 aliphatic rings. The fourth-order valence-corrected chi connectivity index (χ4v) is 2.43. The van der Waals surface area contributed by atoms with E-state index in [0.717, 1.165) is 0 Å². The minimum absolute atomic E-state index is 0.0308. The van der Waals surface area contributed by atoms with Crippen LogP contribution in [0.3, 0.4) is 0 Å². The van der Waals surface area contributed by atoms with Crippen LogP contribution in [0.2, 0.25) is 0 Å². The highest BCUT2D eigenvalue weighted by atomic mass is 19.4. The molecular formula is C18H20F4N4O. The van der Waals surface area contributed by atoms with E-state index in [9.17, 15) is 17.6 Å². The lowest BCUT2D eigenvalue weighted by molar-refractivity contribution is -0.274. The molecule has 5 nitrogen and oxygen atoms in total. The normalized spacial score (nSPS) is 13.5. The van der Waals surface area contributed by atoms with E-state index in [0.29, 0.717) is 5.56 Å². The van der Waals surface area contributed by atoms with Crippen LogP contribution in [0.4, 0.5) is 23.2 Å². The van der Waals surface area contributed by atoms with Crippen LogP contribution in [-0.2, 0) is 0 Å². The summed E-state index contributed by atoms with van der Waals surface area (Å²) in [5.74, 6) is -0.874. The van der Waals surface area contributed by atoms with Gasteiger partial charge in [-0.15, -0.1) is 13.2 Å². The smallest absolute Gasteiger partial charge is 0.404 e. The van der Waals surface area contributed by atoms with E-state index in [1.54, 1.807) is 26.2 Å². The first-order valence-corrected chi connectivity index (χ1v) is 7.99. The number of likely N-dealkylation sites (N-methyl/N-ethyl adjacent to an activating group) is 1. The van der Waals surface area contributed by atoms with Crippen LogP contribution >= 0.6 is 0 Å². The number of nitrogens with zero attached hydrogens (tertiary/aromatic N) is 2. The predicted molar refractivity (Wildman–Crippen MR) is 96.1 cm³/mol. The van der Waals surface area contributed by atoms with Crippen LogP contribution in [0.15, 0.2) is 53.5 Å². The van der Waals surface area contributed by atoms with Crippen LogP contribution in [0.25, 0.3) is 0 Å². The minimum atomic E-state index is -4.82. The third kappa shape index (κ3) is 6.45. The van der Waals surface area contributed by atoms with E-state index in [4.69, 9.17) is 5.73 Å². The molecule has 2 rings (SSSR count). The SMILES string of the molecule is CN(C)C(CN=C(N)Nc1ccccc1OC(F)(F)F)c1cccc(F)c1. The molecule has 1 unspecified atom stereocenters. The Kier molecular flexibility index (Phi) is 6.62. The molecule has 0 fully saturated rings. The van der Waals surface area contributed by atoms with Crippen LogP contribution in [-0.4, -0.2) is 37.9 Å². The van der Waals surface area contributed by atoms with E-state index < -0.39 is 12.1 Å². The summed E-state index contributed by atoms with van der Waals surface area (Å²) in [6.45, 7) is 0.178. The maximum atomic E-state index is 13.5. The molecule has 0 spiro atoms. The van der Waals surface area contributed by atoms with Crippen molar-refractivity contribution in [3.8, 4) is 5.75 Å². The highest BCUT2D eigenvalue weighted by molar-refractivity contribution is 5.93. The number of nitrogens with one attached hydrogen (secondary N) is 1. The molecule has 0 radical (unpaired) electrons. The van der Waals surface area contributed by atoms with Gasteiger partial charge in [0.2, 0.25) is 0 Å². The van der Waals surface area contributed by atoms with Crippen LogP contribution in [0.1, 0.15) is 11.6 Å². The molecule has 0 saturated heterocycles. The summed E-state index contributed by atoms with van der Waals surface area (Å²) in [7, 11) is 3.61. The largest absolute Gasteiger partial charge is 0.573 e. The lowest BCUT2D eigenvalue weighted by Crippen LogP contribution is -2.28. The van der Waals surface area contributed by atoms with Crippen molar-refractivity contribution < 1.29 is 22.3 Å². The van der Waals surface area contributed by atoms with Crippen molar-refractivity contribution in [1.29, 1.82) is 0 Å². The number of benzene rings is 2. The summed E-state index contributed by atoms with van der Waals surface area (Å²) in [4.78, 5) is 6.01. The van der Waals surface area contributed by atoms with Crippen molar-refractivity contribution in [1.82, 2.24) is 4.90 Å². The van der Waals surface area contributed by atoms with Gasteiger partial charge in [-0.3, -0.25) is 4.99 Å². The van der Waals surface area contributed by atoms with E-state index in [2.05, 4.69) is 15.0 Å². The molecule has 0 amide bonds. The fourth-order valence-electron chi connectivity index (χ4n) is 2.43. The Balaban J connectivity index is 2.13. The highest BCUT2D eigenvalue weighted by Gasteiger charge is 2.32. The second kappa shape index (κ2) is 8.72. The minimum Gasteiger partial charge on any atom is -0.404 e. The molecule has 0 heterocycles. The number of alkyl halides is 3. The van der Waals surface area contributed by atoms with Gasteiger partial charge in [-0.25, -0.2) is 4.39 Å². The zero-order chi connectivity index (χ0) is 20.0. The predicted octanol–water partition coefficient (Wildman–Crippen LogP) is 3.75. The maximum absolute atomic E-state index is 13.5. The zero-order valence-electron chi connectivity index (χ0n) is 14.8. The van der Waals surface area contributed by atoms with Crippen molar-refractivity contribution >= 4 is 11.6 Å². The van der Waals surface area contributed by atoms with Gasteiger partial charge in [0.25, 0.3) is 0 Å². The van der Waals surface area contributed by atoms with Gasteiger partial charge in [-0.1, -0.05) is 24.3 Å². The van der Waals surface area contributed by atoms with Crippen LogP contribution in [0, 0.1) is 5.82 Å². The van der Waals surface area contributed by atoms with Gasteiger partial charge in [0, 0.05) is 0 Å². The van der Waals surface area contributed by atoms with Gasteiger partial charge >= 0.3 is 6.36 Å². The molecule has 3 N–H and O–H groups in total. The number of nitrogens with two attached hydrogens (primary N) is 1. The summed E-state index contributed by atoms with van der Waals surface area (Å²) >= 11 is 0. The van der Waals surface area contributed by atoms with E-state index in [1.165, 1.54) is 36.4 Å². The second-order valence-corrected chi connectivity index (χ2v) is 5.93. The Morgan fingerprint density at radius 2 is 1.89 bits per heavy atom. The van der Waals surface area contributed by atoms with Gasteiger partial charge in [-0.05, 0) is 43.9 Å². The molecule has 0 aliphatic heterocycles. The number of halogens is 4. The summed E-state index contributed by atoms with van der Waals surface area (Å²) in [5, 5.41) is 2.60. The number of para-hydroxylation sites is 2. The number of guanidine groups is 1. The van der Waals surface area contributed by atoms with Gasteiger partial charge in [-0.2, -0.15) is 0 Å². The molecule has 9 heteroatoms. The van der Waals surface area contributed by atoms with Crippen molar-refractivity contribution in [3.05, 3.63) is 59.9 Å². The summed E-state index contributed by atoms with van der Waals surface area (Å²) in [6.07, 6.45) is -4.82. The zero-order valence-corrected chi connectivity index (χ0v) is 14.8. The van der Waals surface area contributed by atoms with Crippen LogP contribution in [0.5, 0.6) is 5.75 Å². The average Bonchev–Trinajstić information content (AvgIpc) is 2.55. The number of rotatable bonds is 6.